The average Bonchev–Trinajstić information content (AvgIpc) is 1.59. The highest BCUT2D eigenvalue weighted by molar-refractivity contribution is 6.03. The van der Waals surface area contributed by atoms with E-state index in [1.165, 1.54) is 82.3 Å². The van der Waals surface area contributed by atoms with Gasteiger partial charge in [0.1, 0.15) is 46.0 Å². The number of piperazine rings is 1. The summed E-state index contributed by atoms with van der Waals surface area (Å²) in [7, 11) is 2.16. The van der Waals surface area contributed by atoms with E-state index >= 15 is 4.39 Å². The van der Waals surface area contributed by atoms with Gasteiger partial charge in [-0.2, -0.15) is 0 Å². The van der Waals surface area contributed by atoms with Crippen LogP contribution in [0, 0.1) is 44.0 Å². The van der Waals surface area contributed by atoms with Crippen molar-refractivity contribution in [1.29, 1.82) is 0 Å². The normalized spacial score (nSPS) is 19.3. The van der Waals surface area contributed by atoms with Crippen LogP contribution >= 0.6 is 0 Å². The van der Waals surface area contributed by atoms with Crippen LogP contribution in [0.25, 0.3) is 51.1 Å². The van der Waals surface area contributed by atoms with Crippen molar-refractivity contribution < 1.29 is 22.7 Å². The van der Waals surface area contributed by atoms with Gasteiger partial charge in [0.05, 0.1) is 60.3 Å². The maximum absolute atomic E-state index is 15.0. The summed E-state index contributed by atoms with van der Waals surface area (Å²) in [5.41, 5.74) is 25.1. The first-order chi connectivity index (χ1) is 67.0. The molecule has 0 bridgehead atoms. The highest BCUT2D eigenvalue weighted by Gasteiger charge is 2.45. The summed E-state index contributed by atoms with van der Waals surface area (Å²) in [5, 5.41) is 28.5. The number of halogens is 4. The van der Waals surface area contributed by atoms with Gasteiger partial charge in [-0.15, -0.1) is 0 Å². The van der Waals surface area contributed by atoms with Gasteiger partial charge in [0.15, 0.2) is 23.3 Å². The zero-order valence-electron chi connectivity index (χ0n) is 82.2. The molecule has 7 N–H and O–H groups in total. The molecule has 2 atom stereocenters. The van der Waals surface area contributed by atoms with E-state index < -0.39 is 23.3 Å². The lowest BCUT2D eigenvalue weighted by Crippen LogP contribution is -2.43. The second-order valence-corrected chi connectivity index (χ2v) is 39.6. The van der Waals surface area contributed by atoms with Crippen molar-refractivity contribution in [1.82, 2.24) is 80.2 Å². The number of nitrogens with zero attached hydrogens (tertiary/aromatic N) is 18. The number of aliphatic imine (C=N–C) groups is 3. The van der Waals surface area contributed by atoms with Crippen molar-refractivity contribution in [3.05, 3.63) is 243 Å². The highest BCUT2D eigenvalue weighted by Crippen LogP contribution is 2.54. The molecule has 4 aromatic carbocycles. The molecule has 2 aliphatic carbocycles. The molecule has 1 spiro atoms. The fourth-order valence-electron chi connectivity index (χ4n) is 21.2. The number of pyridine rings is 4. The third-order valence-electron chi connectivity index (χ3n) is 30.8. The highest BCUT2D eigenvalue weighted by atomic mass is 19.1. The Morgan fingerprint density at radius 1 is 0.403 bits per heavy atom. The lowest BCUT2D eigenvalue weighted by Gasteiger charge is -2.31. The van der Waals surface area contributed by atoms with Gasteiger partial charge in [0.2, 0.25) is 23.8 Å². The van der Waals surface area contributed by atoms with Gasteiger partial charge in [0.25, 0.3) is 0 Å². The number of piperidine rings is 3. The fourth-order valence-corrected chi connectivity index (χ4v) is 21.2. The van der Waals surface area contributed by atoms with Crippen LogP contribution in [-0.2, 0) is 21.7 Å². The summed E-state index contributed by atoms with van der Waals surface area (Å²) < 4.78 is 59.5. The van der Waals surface area contributed by atoms with Crippen LogP contribution < -0.4 is 36.8 Å². The predicted octanol–water partition coefficient (Wildman–Crippen LogP) is 22.6. The minimum Gasteiger partial charge on any atom is -0.395 e. The molecular formula is C110H126F4N24O. The Kier molecular flexibility index (Phi) is 28.3. The van der Waals surface area contributed by atoms with Crippen molar-refractivity contribution in [2.75, 3.05) is 112 Å². The Balaban J connectivity index is 0.000000123. The molecule has 0 radical (unpaired) electrons. The van der Waals surface area contributed by atoms with Crippen LogP contribution in [0.4, 0.5) is 87.4 Å². The number of fused-ring (bicyclic) bond motifs is 5. The first kappa shape index (κ1) is 96.3. The molecular weight excluding hydrogens is 1750 g/mol. The molecule has 15 heterocycles. The zero-order valence-corrected chi connectivity index (χ0v) is 82.2. The standard InChI is InChI=1S/C30H35FN6O.2C27H31FN6.C26H29FN6/c1-19-15-23(16-24-27(19)34-20(2)30(24)9-3-4-10-30)28-25(31)18-33-29(36-28)35-26-6-5-22(17-32-26)21-7-11-37(12-8-21)13-14-38;1-16-12-20(13-21-24(16)31-17(2)27(21,3)4)25-22(28)15-30-26(33-25)32-23-7-6-19(14-29-23)18-8-10-34(5)11-9-18;1-5-27(4)17(3)32-24-16(2)12-20(13-21(24)27)25-22(28)15-31-26(34-25)33-23-7-6-19(14-30-23)18-8-10-29-11-9-18;1-4-26(3)17(2)13-18-5-6-19(14-21(18)26)24-22(27)16-30-25(32-24)31-23-8-7-20(15-29-23)33-11-9-28-10-12-33/h5-6,15-18,21,38H,3-4,7-14H2,1-2H3,(H,32,33,35,36);6-7,12-15,18H,8-11H2,1-5H3,(H,29,30,32,33);6-7,12-15,18,29H,5,8-11H2,1-4H3,(H,30,31,33,34);5-8,13-16,28H,4,9-12H2,1-3H3,(H,29,30,31,32). The van der Waals surface area contributed by atoms with E-state index in [1.807, 2.05) is 119 Å². The second kappa shape index (κ2) is 40.9. The molecule has 25 nitrogen and oxygen atoms in total. The van der Waals surface area contributed by atoms with Crippen LogP contribution in [-0.4, -0.2) is 177 Å². The number of aliphatic hydroxyl groups is 1. The second-order valence-electron chi connectivity index (χ2n) is 39.6. The van der Waals surface area contributed by atoms with E-state index in [9.17, 15) is 13.2 Å². The monoisotopic (exact) mass is 1880 g/mol. The predicted molar refractivity (Wildman–Crippen MR) is 549 cm³/mol. The van der Waals surface area contributed by atoms with Gasteiger partial charge in [-0.05, 0) is 311 Å². The average molecular weight is 1880 g/mol. The molecule has 29 heteroatoms. The van der Waals surface area contributed by atoms with Crippen molar-refractivity contribution >= 4 is 93.0 Å². The van der Waals surface area contributed by atoms with Gasteiger partial charge in [-0.3, -0.25) is 15.0 Å². The van der Waals surface area contributed by atoms with Crippen molar-refractivity contribution in [2.45, 2.75) is 206 Å². The van der Waals surface area contributed by atoms with E-state index in [-0.39, 0.29) is 51.0 Å². The summed E-state index contributed by atoms with van der Waals surface area (Å²) in [6, 6.07) is 34.2. The van der Waals surface area contributed by atoms with Gasteiger partial charge >= 0.3 is 0 Å². The van der Waals surface area contributed by atoms with Crippen LogP contribution in [0.1, 0.15) is 225 Å². The Morgan fingerprint density at radius 2 is 0.806 bits per heavy atom. The smallest absolute Gasteiger partial charge is 0.229 e. The van der Waals surface area contributed by atoms with Gasteiger partial charge in [0, 0.05) is 112 Å². The first-order valence-corrected chi connectivity index (χ1v) is 49.2. The van der Waals surface area contributed by atoms with Gasteiger partial charge < -0.3 is 51.7 Å². The van der Waals surface area contributed by atoms with Crippen molar-refractivity contribution in [2.24, 2.45) is 15.0 Å². The number of aryl methyl sites for hydroxylation is 3. The summed E-state index contributed by atoms with van der Waals surface area (Å²) in [6.45, 7) is 38.7. The van der Waals surface area contributed by atoms with Crippen LogP contribution in [0.15, 0.2) is 173 Å². The minimum atomic E-state index is -0.455. The fraction of sp³-hybridized carbons (Fsp3) is 0.409. The molecule has 21 rings (SSSR count). The molecule has 8 aromatic heterocycles. The molecule has 9 aliphatic rings. The Bertz CT molecular complexity index is 6650. The number of benzene rings is 4. The Labute approximate surface area is 812 Å². The maximum Gasteiger partial charge on any atom is 0.229 e. The topological polar surface area (TPSA) is 294 Å². The van der Waals surface area contributed by atoms with Gasteiger partial charge in [-0.1, -0.05) is 96.4 Å². The van der Waals surface area contributed by atoms with Crippen LogP contribution in [0.5, 0.6) is 0 Å². The number of aliphatic hydroxyl groups excluding tert-OH is 1. The third kappa shape index (κ3) is 20.2. The van der Waals surface area contributed by atoms with Crippen LogP contribution in [0.2, 0.25) is 0 Å². The summed E-state index contributed by atoms with van der Waals surface area (Å²) >= 11 is 0. The summed E-state index contributed by atoms with van der Waals surface area (Å²) in [5.74, 6) is 3.59. The number of aromatic nitrogens is 12. The van der Waals surface area contributed by atoms with Crippen LogP contribution in [0.3, 0.4) is 0 Å². The lowest BCUT2D eigenvalue weighted by molar-refractivity contribution is 0.164. The molecule has 7 aliphatic heterocycles. The van der Waals surface area contributed by atoms with E-state index in [0.717, 1.165) is 220 Å². The summed E-state index contributed by atoms with van der Waals surface area (Å²) in [4.78, 5) is 74.4. The number of likely N-dealkylation sites (tertiary alicyclic amines) is 2. The van der Waals surface area contributed by atoms with E-state index in [4.69, 9.17) is 20.1 Å². The molecule has 0 amide bonds. The third-order valence-corrected chi connectivity index (χ3v) is 30.8. The zero-order chi connectivity index (χ0) is 97.2. The Morgan fingerprint density at radius 3 is 1.26 bits per heavy atom. The molecule has 139 heavy (non-hydrogen) atoms. The molecule has 5 fully saturated rings. The summed E-state index contributed by atoms with van der Waals surface area (Å²) in [6.07, 6.45) is 27.9. The lowest BCUT2D eigenvalue weighted by atomic mass is 9.75. The number of nitrogens with one attached hydrogen (secondary N) is 6. The number of β-amino-alcohol motifs (C(OH)–C–C–N with tert-alkyl or cyclic N) is 1. The molecule has 1 saturated carbocycles. The molecule has 2 unspecified atom stereocenters. The number of anilines is 9. The van der Waals surface area contributed by atoms with Crippen molar-refractivity contribution in [3.8, 4) is 45.0 Å². The molecule has 720 valence electrons. The van der Waals surface area contributed by atoms with Gasteiger partial charge in [-0.25, -0.2) is 77.4 Å². The quantitative estimate of drug-likeness (QED) is 0.0349. The number of hydrogen-bond acceptors (Lipinski definition) is 25. The Hall–Kier alpha value is -12.9. The minimum absolute atomic E-state index is 0.0121. The van der Waals surface area contributed by atoms with Crippen molar-refractivity contribution in [3.63, 3.8) is 0 Å². The molecule has 4 saturated heterocycles. The number of hydrogen-bond donors (Lipinski definition) is 7. The first-order valence-electron chi connectivity index (χ1n) is 49.2. The van der Waals surface area contributed by atoms with E-state index in [2.05, 4.69) is 218 Å². The number of allylic oxidation sites excluding steroid dienone is 1. The molecule has 12 aromatic rings. The van der Waals surface area contributed by atoms with E-state index in [1.54, 1.807) is 0 Å². The SMILES string of the molecule is CC1=Nc2c(C)cc(-c3nc(Nc4ccc(C5CCN(C)CC5)cn4)ncc3F)cc2C1(C)C.CC1=Nc2c(C)cc(-c3nc(Nc4ccc(C5CCN(CCO)CC5)cn4)ncc3F)cc2C12CCCC2.CCC1(C)C(C)=Cc2ccc(-c3nc(Nc4ccc(N5CCNCC5)cn4)ncc3F)cc21.CCC1(C)C(C)=Nc2c(C)cc(-c3nc(Nc4ccc(C5CCNCC5)cn4)ncc3F)cc21. The maximum atomic E-state index is 15.0. The van der Waals surface area contributed by atoms with E-state index in [0.29, 0.717) is 64.8 Å². The largest absolute Gasteiger partial charge is 0.395 e. The number of rotatable bonds is 20.